The minimum Gasteiger partial charge on any atom is -0.354 e. The Labute approximate surface area is 198 Å². The average molecular weight is 482 g/mol. The molecule has 1 saturated heterocycles. The second kappa shape index (κ2) is 10.2. The van der Waals surface area contributed by atoms with Crippen LogP contribution in [0.4, 0.5) is 0 Å². The third-order valence-electron chi connectivity index (χ3n) is 5.67. The van der Waals surface area contributed by atoms with E-state index in [1.807, 2.05) is 48.1 Å². The zero-order valence-electron chi connectivity index (χ0n) is 18.9. The summed E-state index contributed by atoms with van der Waals surface area (Å²) in [7, 11) is -3.85. The maximum atomic E-state index is 12.9. The minimum atomic E-state index is -3.85. The van der Waals surface area contributed by atoms with Gasteiger partial charge < -0.3 is 10.6 Å². The minimum absolute atomic E-state index is 0.00111. The van der Waals surface area contributed by atoms with Gasteiger partial charge >= 0.3 is 0 Å². The normalized spacial score (nSPS) is 14.6. The highest BCUT2D eigenvalue weighted by atomic mass is 32.2. The second-order valence-corrected chi connectivity index (χ2v) is 10.0. The van der Waals surface area contributed by atoms with Crippen LogP contribution in [0.3, 0.4) is 0 Å². The molecule has 9 nitrogen and oxygen atoms in total. The number of carbonyl (C=O) groups excluding carboxylic acids is 2. The lowest BCUT2D eigenvalue weighted by Gasteiger charge is -2.26. The van der Waals surface area contributed by atoms with Gasteiger partial charge in [0.1, 0.15) is 0 Å². The van der Waals surface area contributed by atoms with E-state index in [-0.39, 0.29) is 41.9 Å². The molecule has 2 heterocycles. The molecule has 0 unspecified atom stereocenters. The predicted molar refractivity (Wildman–Crippen MR) is 127 cm³/mol. The molecular formula is C24H27N5O4S. The summed E-state index contributed by atoms with van der Waals surface area (Å²) in [5.74, 6) is -0.682. The molecule has 0 saturated carbocycles. The fourth-order valence-electron chi connectivity index (χ4n) is 3.80. The maximum absolute atomic E-state index is 12.9. The molecular weight excluding hydrogens is 454 g/mol. The van der Waals surface area contributed by atoms with Crippen LogP contribution < -0.4 is 10.6 Å². The number of benzene rings is 2. The Morgan fingerprint density at radius 3 is 2.71 bits per heavy atom. The monoisotopic (exact) mass is 481 g/mol. The summed E-state index contributed by atoms with van der Waals surface area (Å²) < 4.78 is 28.7. The third-order valence-corrected chi connectivity index (χ3v) is 7.51. The van der Waals surface area contributed by atoms with Gasteiger partial charge in [-0.15, -0.1) is 0 Å². The summed E-state index contributed by atoms with van der Waals surface area (Å²) in [6.07, 6.45) is 3.47. The lowest BCUT2D eigenvalue weighted by Crippen LogP contribution is -2.49. The van der Waals surface area contributed by atoms with Crippen LogP contribution in [0, 0.1) is 6.92 Å². The fourth-order valence-corrected chi connectivity index (χ4v) is 5.25. The quantitative estimate of drug-likeness (QED) is 0.475. The van der Waals surface area contributed by atoms with Crippen molar-refractivity contribution in [3.63, 3.8) is 0 Å². The Hall–Kier alpha value is -3.50. The van der Waals surface area contributed by atoms with Gasteiger partial charge in [0.15, 0.2) is 0 Å². The topological polar surface area (TPSA) is 113 Å². The van der Waals surface area contributed by atoms with Gasteiger partial charge in [-0.3, -0.25) is 9.59 Å². The summed E-state index contributed by atoms with van der Waals surface area (Å²) in [5, 5.41) is 10.0. The highest BCUT2D eigenvalue weighted by Crippen LogP contribution is 2.18. The van der Waals surface area contributed by atoms with Crippen molar-refractivity contribution in [3.8, 4) is 5.69 Å². The number of rotatable bonds is 8. The predicted octanol–water partition coefficient (Wildman–Crippen LogP) is 1.66. The van der Waals surface area contributed by atoms with Gasteiger partial charge in [-0.25, -0.2) is 13.1 Å². The van der Waals surface area contributed by atoms with Crippen LogP contribution in [-0.2, 0) is 21.2 Å². The van der Waals surface area contributed by atoms with Crippen LogP contribution in [0.25, 0.3) is 5.69 Å². The molecule has 2 N–H and O–H groups in total. The number of sulfonamides is 1. The molecule has 1 fully saturated rings. The van der Waals surface area contributed by atoms with Crippen molar-refractivity contribution in [2.45, 2.75) is 24.7 Å². The van der Waals surface area contributed by atoms with E-state index < -0.39 is 10.0 Å². The summed E-state index contributed by atoms with van der Waals surface area (Å²) in [5.41, 5.74) is 3.30. The van der Waals surface area contributed by atoms with Crippen LogP contribution in [0.15, 0.2) is 65.7 Å². The van der Waals surface area contributed by atoms with E-state index in [0.29, 0.717) is 13.0 Å². The summed E-state index contributed by atoms with van der Waals surface area (Å²) in [6.45, 7) is 2.65. The molecule has 178 valence electrons. The van der Waals surface area contributed by atoms with Gasteiger partial charge in [0.25, 0.3) is 5.91 Å². The first-order valence-electron chi connectivity index (χ1n) is 11.1. The van der Waals surface area contributed by atoms with Crippen molar-refractivity contribution < 1.29 is 18.0 Å². The number of para-hydroxylation sites is 1. The van der Waals surface area contributed by atoms with Crippen LogP contribution in [-0.4, -0.2) is 60.5 Å². The highest BCUT2D eigenvalue weighted by molar-refractivity contribution is 7.89. The molecule has 1 aromatic heterocycles. The largest absolute Gasteiger partial charge is 0.354 e. The number of nitrogens with zero attached hydrogens (tertiary/aromatic N) is 3. The van der Waals surface area contributed by atoms with Crippen molar-refractivity contribution in [2.75, 3.05) is 26.2 Å². The molecule has 2 amide bonds. The van der Waals surface area contributed by atoms with Gasteiger partial charge in [-0.05, 0) is 55.7 Å². The van der Waals surface area contributed by atoms with E-state index >= 15 is 0 Å². The summed E-state index contributed by atoms with van der Waals surface area (Å²) in [4.78, 5) is 24.2. The molecule has 0 spiro atoms. The van der Waals surface area contributed by atoms with Gasteiger partial charge in [0.05, 0.1) is 22.8 Å². The molecule has 0 radical (unpaired) electrons. The number of piperazine rings is 1. The first-order chi connectivity index (χ1) is 16.3. The van der Waals surface area contributed by atoms with Gasteiger partial charge in [0.2, 0.25) is 15.9 Å². The molecule has 0 bridgehead atoms. The smallest absolute Gasteiger partial charge is 0.251 e. The molecule has 3 aromatic rings. The number of aromatic nitrogens is 2. The zero-order chi connectivity index (χ0) is 24.1. The van der Waals surface area contributed by atoms with E-state index in [9.17, 15) is 18.0 Å². The molecule has 34 heavy (non-hydrogen) atoms. The lowest BCUT2D eigenvalue weighted by atomic mass is 10.1. The standard InChI is InChI=1S/C24H27N5O4S/c1-18-20(16-29(27-18)21-9-3-2-4-10-21)8-6-12-26-24(31)19-7-5-11-22(15-19)34(32,33)28-14-13-25-23(30)17-28/h2-5,7,9-11,15-16H,6,8,12-14,17H2,1H3,(H,25,30)(H,26,31). The zero-order valence-corrected chi connectivity index (χ0v) is 19.7. The Kier molecular flexibility index (Phi) is 7.09. The number of nitrogens with one attached hydrogen (secondary N) is 2. The Morgan fingerprint density at radius 1 is 1.15 bits per heavy atom. The molecule has 1 aliphatic rings. The number of hydrogen-bond donors (Lipinski definition) is 2. The average Bonchev–Trinajstić information content (AvgIpc) is 3.22. The second-order valence-electron chi connectivity index (χ2n) is 8.10. The third kappa shape index (κ3) is 5.35. The van der Waals surface area contributed by atoms with Crippen molar-refractivity contribution in [1.29, 1.82) is 0 Å². The van der Waals surface area contributed by atoms with Gasteiger partial charge in [-0.2, -0.15) is 9.40 Å². The van der Waals surface area contributed by atoms with E-state index in [2.05, 4.69) is 15.7 Å². The lowest BCUT2D eigenvalue weighted by molar-refractivity contribution is -0.122. The van der Waals surface area contributed by atoms with Crippen molar-refractivity contribution in [3.05, 3.63) is 77.6 Å². The maximum Gasteiger partial charge on any atom is 0.251 e. The SMILES string of the molecule is Cc1nn(-c2ccccc2)cc1CCCNC(=O)c1cccc(S(=O)(=O)N2CCNC(=O)C2)c1. The molecule has 0 atom stereocenters. The molecule has 0 aliphatic carbocycles. The Bertz CT molecular complexity index is 1290. The van der Waals surface area contributed by atoms with Gasteiger partial charge in [-0.1, -0.05) is 24.3 Å². The summed E-state index contributed by atoms with van der Waals surface area (Å²) >= 11 is 0. The fraction of sp³-hybridized carbons (Fsp3) is 0.292. The van der Waals surface area contributed by atoms with Crippen molar-refractivity contribution >= 4 is 21.8 Å². The highest BCUT2D eigenvalue weighted by Gasteiger charge is 2.29. The van der Waals surface area contributed by atoms with E-state index in [0.717, 1.165) is 27.7 Å². The van der Waals surface area contributed by atoms with Crippen LogP contribution >= 0.6 is 0 Å². The number of amides is 2. The number of hydrogen-bond acceptors (Lipinski definition) is 5. The van der Waals surface area contributed by atoms with E-state index in [1.165, 1.54) is 18.2 Å². The molecule has 4 rings (SSSR count). The Balaban J connectivity index is 1.34. The van der Waals surface area contributed by atoms with Crippen LogP contribution in [0.5, 0.6) is 0 Å². The van der Waals surface area contributed by atoms with Crippen LogP contribution in [0.1, 0.15) is 28.0 Å². The summed E-state index contributed by atoms with van der Waals surface area (Å²) in [6, 6.07) is 15.8. The molecule has 2 aromatic carbocycles. The van der Waals surface area contributed by atoms with Crippen molar-refractivity contribution in [1.82, 2.24) is 24.7 Å². The van der Waals surface area contributed by atoms with E-state index in [1.54, 1.807) is 6.07 Å². The number of carbonyl (C=O) groups is 2. The van der Waals surface area contributed by atoms with E-state index in [4.69, 9.17) is 0 Å². The van der Waals surface area contributed by atoms with Crippen molar-refractivity contribution in [2.24, 2.45) is 0 Å². The van der Waals surface area contributed by atoms with Gasteiger partial charge in [0, 0.05) is 31.4 Å². The molecule has 10 heteroatoms. The Morgan fingerprint density at radius 2 is 1.94 bits per heavy atom. The van der Waals surface area contributed by atoms with Crippen LogP contribution in [0.2, 0.25) is 0 Å². The first kappa shape index (κ1) is 23.7. The molecule has 1 aliphatic heterocycles. The number of aryl methyl sites for hydroxylation is 2. The first-order valence-corrected chi connectivity index (χ1v) is 12.5.